The lowest BCUT2D eigenvalue weighted by atomic mass is 9.98. The fraction of sp³-hybridized carbons (Fsp3) is 0.923. The van der Waals surface area contributed by atoms with E-state index in [1.807, 2.05) is 11.9 Å². The summed E-state index contributed by atoms with van der Waals surface area (Å²) in [7, 11) is 1.88. The number of carbonyl (C=O) groups excluding carboxylic acids is 1. The van der Waals surface area contributed by atoms with E-state index in [4.69, 9.17) is 10.5 Å². The largest absolute Gasteiger partial charge is 0.381 e. The molecule has 1 amide bonds. The first-order chi connectivity index (χ1) is 8.00. The van der Waals surface area contributed by atoms with E-state index in [1.165, 1.54) is 0 Å². The zero-order valence-corrected chi connectivity index (χ0v) is 11.3. The predicted octanol–water partition coefficient (Wildman–Crippen LogP) is 1.24. The van der Waals surface area contributed by atoms with Crippen LogP contribution in [0.25, 0.3) is 0 Å². The number of nitrogens with zero attached hydrogens (tertiary/aromatic N) is 1. The number of carbonyl (C=O) groups is 1. The summed E-state index contributed by atoms with van der Waals surface area (Å²) in [6.07, 6.45) is 2.58. The van der Waals surface area contributed by atoms with Crippen LogP contribution in [-0.2, 0) is 9.53 Å². The molecule has 0 bridgehead atoms. The Bertz CT molecular complexity index is 238. The van der Waals surface area contributed by atoms with Crippen molar-refractivity contribution in [3.8, 4) is 0 Å². The molecule has 1 heterocycles. The van der Waals surface area contributed by atoms with Crippen molar-refractivity contribution in [3.05, 3.63) is 0 Å². The summed E-state index contributed by atoms with van der Waals surface area (Å²) in [5.74, 6) is 1.11. The molecule has 1 fully saturated rings. The second kappa shape index (κ2) is 6.97. The van der Waals surface area contributed by atoms with E-state index in [0.717, 1.165) is 32.6 Å². The Balaban J connectivity index is 2.30. The summed E-state index contributed by atoms with van der Waals surface area (Å²) in [5, 5.41) is 0. The van der Waals surface area contributed by atoms with Crippen molar-refractivity contribution in [2.24, 2.45) is 17.6 Å². The molecule has 1 aliphatic rings. The average molecular weight is 242 g/mol. The van der Waals surface area contributed by atoms with Gasteiger partial charge in [-0.05, 0) is 24.7 Å². The van der Waals surface area contributed by atoms with Crippen LogP contribution >= 0.6 is 0 Å². The SMILES string of the molecule is CC(C)C(N)CC(=O)N(C)CC1CCOCC1. The Morgan fingerprint density at radius 2 is 2.00 bits per heavy atom. The zero-order chi connectivity index (χ0) is 12.8. The summed E-state index contributed by atoms with van der Waals surface area (Å²) in [4.78, 5) is 13.8. The Kier molecular flexibility index (Phi) is 5.92. The number of nitrogens with two attached hydrogens (primary N) is 1. The first-order valence-electron chi connectivity index (χ1n) is 6.58. The van der Waals surface area contributed by atoms with Gasteiger partial charge in [-0.25, -0.2) is 0 Å². The lowest BCUT2D eigenvalue weighted by Gasteiger charge is -2.28. The van der Waals surface area contributed by atoms with Crippen molar-refractivity contribution < 1.29 is 9.53 Å². The minimum absolute atomic E-state index is 0.0281. The number of amides is 1. The van der Waals surface area contributed by atoms with Crippen molar-refractivity contribution in [2.45, 2.75) is 39.2 Å². The van der Waals surface area contributed by atoms with Crippen molar-refractivity contribution in [1.29, 1.82) is 0 Å². The van der Waals surface area contributed by atoms with E-state index in [1.54, 1.807) is 0 Å². The van der Waals surface area contributed by atoms with E-state index in [9.17, 15) is 4.79 Å². The van der Waals surface area contributed by atoms with Gasteiger partial charge in [-0.3, -0.25) is 4.79 Å². The zero-order valence-electron chi connectivity index (χ0n) is 11.3. The van der Waals surface area contributed by atoms with Crippen LogP contribution < -0.4 is 5.73 Å². The van der Waals surface area contributed by atoms with E-state index < -0.39 is 0 Å². The molecule has 100 valence electrons. The molecule has 1 unspecified atom stereocenters. The van der Waals surface area contributed by atoms with Crippen molar-refractivity contribution in [1.82, 2.24) is 4.90 Å². The molecule has 0 radical (unpaired) electrons. The average Bonchev–Trinajstić information content (AvgIpc) is 2.29. The van der Waals surface area contributed by atoms with E-state index >= 15 is 0 Å². The van der Waals surface area contributed by atoms with Crippen LogP contribution in [0.4, 0.5) is 0 Å². The van der Waals surface area contributed by atoms with Crippen LogP contribution in [0.2, 0.25) is 0 Å². The van der Waals surface area contributed by atoms with Crippen LogP contribution in [0.3, 0.4) is 0 Å². The maximum atomic E-state index is 11.9. The molecule has 1 saturated heterocycles. The maximum Gasteiger partial charge on any atom is 0.223 e. The standard InChI is InChI=1S/C13H26N2O2/c1-10(2)12(14)8-13(16)15(3)9-11-4-6-17-7-5-11/h10-12H,4-9,14H2,1-3H3. The maximum absolute atomic E-state index is 11.9. The van der Waals surface area contributed by atoms with Crippen LogP contribution in [0, 0.1) is 11.8 Å². The molecule has 17 heavy (non-hydrogen) atoms. The van der Waals surface area contributed by atoms with E-state index in [-0.39, 0.29) is 11.9 Å². The molecular formula is C13H26N2O2. The minimum atomic E-state index is -0.0281. The highest BCUT2D eigenvalue weighted by Crippen LogP contribution is 2.16. The molecular weight excluding hydrogens is 216 g/mol. The molecule has 2 N–H and O–H groups in total. The van der Waals surface area contributed by atoms with Crippen molar-refractivity contribution >= 4 is 5.91 Å². The Labute approximate surface area is 104 Å². The third kappa shape index (κ3) is 5.04. The molecule has 0 spiro atoms. The first-order valence-corrected chi connectivity index (χ1v) is 6.58. The lowest BCUT2D eigenvalue weighted by Crippen LogP contribution is -2.39. The predicted molar refractivity (Wildman–Crippen MR) is 68.6 cm³/mol. The van der Waals surface area contributed by atoms with Crippen LogP contribution in [-0.4, -0.2) is 43.7 Å². The van der Waals surface area contributed by atoms with Gasteiger partial charge < -0.3 is 15.4 Å². The summed E-state index contributed by atoms with van der Waals surface area (Å²) < 4.78 is 5.31. The van der Waals surface area contributed by atoms with Crippen molar-refractivity contribution in [3.63, 3.8) is 0 Å². The highest BCUT2D eigenvalue weighted by atomic mass is 16.5. The first kappa shape index (κ1) is 14.5. The fourth-order valence-electron chi connectivity index (χ4n) is 2.01. The molecule has 0 saturated carbocycles. The molecule has 4 heteroatoms. The summed E-state index contributed by atoms with van der Waals surface area (Å²) in [6.45, 7) is 6.61. The second-order valence-electron chi connectivity index (χ2n) is 5.44. The van der Waals surface area contributed by atoms with Gasteiger partial charge in [0.05, 0.1) is 0 Å². The Morgan fingerprint density at radius 3 is 2.53 bits per heavy atom. The van der Waals surface area contributed by atoms with Crippen LogP contribution in [0.5, 0.6) is 0 Å². The van der Waals surface area contributed by atoms with Gasteiger partial charge in [0.25, 0.3) is 0 Å². The lowest BCUT2D eigenvalue weighted by molar-refractivity contribution is -0.131. The van der Waals surface area contributed by atoms with Gasteiger partial charge in [0, 0.05) is 39.3 Å². The number of ether oxygens (including phenoxy) is 1. The molecule has 1 aliphatic heterocycles. The van der Waals surface area contributed by atoms with Crippen LogP contribution in [0.1, 0.15) is 33.1 Å². The monoisotopic (exact) mass is 242 g/mol. The summed E-state index contributed by atoms with van der Waals surface area (Å²) in [6, 6.07) is -0.0281. The molecule has 0 aromatic heterocycles. The Morgan fingerprint density at radius 1 is 1.41 bits per heavy atom. The highest BCUT2D eigenvalue weighted by Gasteiger charge is 2.20. The van der Waals surface area contributed by atoms with E-state index in [2.05, 4.69) is 13.8 Å². The number of hydrogen-bond acceptors (Lipinski definition) is 3. The van der Waals surface area contributed by atoms with Gasteiger partial charge >= 0.3 is 0 Å². The number of hydrogen-bond donors (Lipinski definition) is 1. The van der Waals surface area contributed by atoms with Crippen molar-refractivity contribution in [2.75, 3.05) is 26.8 Å². The minimum Gasteiger partial charge on any atom is -0.381 e. The summed E-state index contributed by atoms with van der Waals surface area (Å²) >= 11 is 0. The quantitative estimate of drug-likeness (QED) is 0.789. The Hall–Kier alpha value is -0.610. The van der Waals surface area contributed by atoms with Gasteiger partial charge in [0.1, 0.15) is 0 Å². The highest BCUT2D eigenvalue weighted by molar-refractivity contribution is 5.76. The molecule has 0 aromatic rings. The number of rotatable bonds is 5. The van der Waals surface area contributed by atoms with E-state index in [0.29, 0.717) is 18.3 Å². The molecule has 0 aromatic carbocycles. The molecule has 1 atom stereocenters. The topological polar surface area (TPSA) is 55.6 Å². The summed E-state index contributed by atoms with van der Waals surface area (Å²) in [5.41, 5.74) is 5.92. The van der Waals surface area contributed by atoms with Gasteiger partial charge in [-0.1, -0.05) is 13.8 Å². The second-order valence-corrected chi connectivity index (χ2v) is 5.44. The fourth-order valence-corrected chi connectivity index (χ4v) is 2.01. The van der Waals surface area contributed by atoms with Gasteiger partial charge in [-0.2, -0.15) is 0 Å². The third-order valence-corrected chi connectivity index (χ3v) is 3.57. The van der Waals surface area contributed by atoms with Gasteiger partial charge in [-0.15, -0.1) is 0 Å². The molecule has 0 aliphatic carbocycles. The van der Waals surface area contributed by atoms with Gasteiger partial charge in [0.15, 0.2) is 0 Å². The smallest absolute Gasteiger partial charge is 0.223 e. The normalized spacial score (nSPS) is 19.4. The van der Waals surface area contributed by atoms with Gasteiger partial charge in [0.2, 0.25) is 5.91 Å². The molecule has 1 rings (SSSR count). The third-order valence-electron chi connectivity index (χ3n) is 3.57. The van der Waals surface area contributed by atoms with Crippen LogP contribution in [0.15, 0.2) is 0 Å². The molecule has 4 nitrogen and oxygen atoms in total.